The van der Waals surface area contributed by atoms with Crippen molar-refractivity contribution in [3.8, 4) is 0 Å². The largest absolute Gasteiger partial charge is 0.465 e. The van der Waals surface area contributed by atoms with Crippen LogP contribution in [0.2, 0.25) is 30.7 Å². The zero-order valence-electron chi connectivity index (χ0n) is 11.3. The lowest BCUT2D eigenvalue weighted by molar-refractivity contribution is 0.0600. The molecule has 0 fully saturated rings. The van der Waals surface area contributed by atoms with Gasteiger partial charge in [0.15, 0.2) is 0 Å². The Kier molecular flexibility index (Phi) is 4.76. The molecule has 18 heavy (non-hydrogen) atoms. The predicted octanol–water partition coefficient (Wildman–Crippen LogP) is 4.48. The lowest BCUT2D eigenvalue weighted by atomic mass is 10.0. The molecule has 0 saturated heterocycles. The molecule has 0 aliphatic heterocycles. The molecule has 0 N–H and O–H groups in total. The number of esters is 1. The molecule has 2 nitrogen and oxygen atoms in total. The van der Waals surface area contributed by atoms with Gasteiger partial charge in [0.1, 0.15) is 0 Å². The Morgan fingerprint density at radius 3 is 2.50 bits per heavy atom. The number of ether oxygens (including phenoxy) is 1. The summed E-state index contributed by atoms with van der Waals surface area (Å²) in [5, 5.41) is 0.413. The number of allylic oxidation sites excluding steroid dienone is 1. The number of methoxy groups -OCH3 is 1. The molecule has 98 valence electrons. The summed E-state index contributed by atoms with van der Waals surface area (Å²) in [7, 11) is 0.0748. The summed E-state index contributed by atoms with van der Waals surface area (Å²) >= 11 is 6.09. The van der Waals surface area contributed by atoms with E-state index in [1.54, 1.807) is 6.07 Å². The standard InChI is InChI=1S/C14H19ClO2Si/c1-10(9-18(3,4)5)11-7-6-8-12(15)13(11)14(16)17-2/h6-8H,1,9H2,2-5H3. The molecule has 4 heteroatoms. The molecule has 1 rings (SSSR count). The highest BCUT2D eigenvalue weighted by atomic mass is 35.5. The van der Waals surface area contributed by atoms with Gasteiger partial charge in [-0.15, -0.1) is 0 Å². The van der Waals surface area contributed by atoms with Gasteiger partial charge in [0.2, 0.25) is 0 Å². The van der Waals surface area contributed by atoms with Crippen LogP contribution in [0.1, 0.15) is 15.9 Å². The highest BCUT2D eigenvalue weighted by Crippen LogP contribution is 2.30. The van der Waals surface area contributed by atoms with Crippen LogP contribution in [0.4, 0.5) is 0 Å². The minimum Gasteiger partial charge on any atom is -0.465 e. The minimum absolute atomic E-state index is 0.410. The van der Waals surface area contributed by atoms with E-state index in [1.165, 1.54) is 7.11 Å². The number of benzene rings is 1. The van der Waals surface area contributed by atoms with Crippen molar-refractivity contribution in [3.63, 3.8) is 0 Å². The van der Waals surface area contributed by atoms with E-state index in [9.17, 15) is 4.79 Å². The zero-order valence-corrected chi connectivity index (χ0v) is 13.1. The Bertz CT molecular complexity index is 475. The molecule has 0 bridgehead atoms. The van der Waals surface area contributed by atoms with E-state index in [-0.39, 0.29) is 0 Å². The predicted molar refractivity (Wildman–Crippen MR) is 80.0 cm³/mol. The molecule has 0 atom stereocenters. The van der Waals surface area contributed by atoms with Crippen molar-refractivity contribution in [2.75, 3.05) is 7.11 Å². The number of carbonyl (C=O) groups is 1. The molecule has 0 heterocycles. The fourth-order valence-electron chi connectivity index (χ4n) is 1.86. The van der Waals surface area contributed by atoms with Crippen LogP contribution in [0.5, 0.6) is 0 Å². The lowest BCUT2D eigenvalue weighted by Gasteiger charge is -2.19. The SMILES string of the molecule is C=C(C[Si](C)(C)C)c1cccc(Cl)c1C(=O)OC. The first-order valence-corrected chi connectivity index (χ1v) is 9.90. The molecule has 1 aromatic carbocycles. The molecule has 0 radical (unpaired) electrons. The van der Waals surface area contributed by atoms with E-state index in [2.05, 4.69) is 26.2 Å². The van der Waals surface area contributed by atoms with Crippen LogP contribution in [-0.2, 0) is 4.74 Å². The summed E-state index contributed by atoms with van der Waals surface area (Å²) in [5.41, 5.74) is 2.18. The van der Waals surface area contributed by atoms with Gasteiger partial charge in [-0.2, -0.15) is 0 Å². The molecule has 0 unspecified atom stereocenters. The van der Waals surface area contributed by atoms with E-state index in [4.69, 9.17) is 16.3 Å². The highest BCUT2D eigenvalue weighted by Gasteiger charge is 2.21. The number of carbonyl (C=O) groups excluding carboxylic acids is 1. The molecule has 0 amide bonds. The Hall–Kier alpha value is -1.06. The second-order valence-corrected chi connectivity index (χ2v) is 11.4. The van der Waals surface area contributed by atoms with Crippen LogP contribution < -0.4 is 0 Å². The third-order valence-electron chi connectivity index (χ3n) is 2.53. The first-order chi connectivity index (χ1) is 8.26. The van der Waals surface area contributed by atoms with Gasteiger partial charge in [0, 0.05) is 8.07 Å². The van der Waals surface area contributed by atoms with Gasteiger partial charge in [0.05, 0.1) is 17.7 Å². The average molecular weight is 283 g/mol. The van der Waals surface area contributed by atoms with Crippen LogP contribution in [0.3, 0.4) is 0 Å². The Balaban J connectivity index is 3.20. The van der Waals surface area contributed by atoms with Crippen LogP contribution in [0, 0.1) is 0 Å². The van der Waals surface area contributed by atoms with Gasteiger partial charge in [-0.25, -0.2) is 4.79 Å². The Morgan fingerprint density at radius 2 is 2.00 bits per heavy atom. The summed E-state index contributed by atoms with van der Waals surface area (Å²) < 4.78 is 4.78. The van der Waals surface area contributed by atoms with Crippen molar-refractivity contribution in [3.05, 3.63) is 40.9 Å². The number of rotatable bonds is 4. The van der Waals surface area contributed by atoms with Crippen molar-refractivity contribution in [2.45, 2.75) is 25.7 Å². The zero-order chi connectivity index (χ0) is 13.9. The van der Waals surface area contributed by atoms with E-state index < -0.39 is 14.0 Å². The average Bonchev–Trinajstić information content (AvgIpc) is 2.25. The first kappa shape index (κ1) is 15.0. The summed E-state index contributed by atoms with van der Waals surface area (Å²) in [4.78, 5) is 11.8. The molecule has 0 aliphatic rings. The van der Waals surface area contributed by atoms with E-state index in [0.29, 0.717) is 10.6 Å². The van der Waals surface area contributed by atoms with Crippen molar-refractivity contribution in [1.82, 2.24) is 0 Å². The van der Waals surface area contributed by atoms with Gasteiger partial charge < -0.3 is 4.74 Å². The number of hydrogen-bond donors (Lipinski definition) is 0. The van der Waals surface area contributed by atoms with Crippen LogP contribution in [0.15, 0.2) is 24.8 Å². The van der Waals surface area contributed by atoms with Gasteiger partial charge >= 0.3 is 5.97 Å². The van der Waals surface area contributed by atoms with E-state index in [0.717, 1.165) is 17.2 Å². The molecule has 0 aromatic heterocycles. The lowest BCUT2D eigenvalue weighted by Crippen LogP contribution is -2.20. The van der Waals surface area contributed by atoms with Crippen LogP contribution in [0.25, 0.3) is 5.57 Å². The van der Waals surface area contributed by atoms with Gasteiger partial charge in [-0.05, 0) is 23.2 Å². The molecule has 0 aliphatic carbocycles. The van der Waals surface area contributed by atoms with Gasteiger partial charge in [-0.3, -0.25) is 0 Å². The maximum atomic E-state index is 11.8. The maximum absolute atomic E-state index is 11.8. The second kappa shape index (κ2) is 5.72. The van der Waals surface area contributed by atoms with Gasteiger partial charge in [-0.1, -0.05) is 50.0 Å². The third kappa shape index (κ3) is 3.72. The fourth-order valence-corrected chi connectivity index (χ4v) is 3.59. The normalized spacial score (nSPS) is 11.2. The maximum Gasteiger partial charge on any atom is 0.339 e. The quantitative estimate of drug-likeness (QED) is 0.601. The van der Waals surface area contributed by atoms with Crippen LogP contribution >= 0.6 is 11.6 Å². The summed E-state index contributed by atoms with van der Waals surface area (Å²) in [5.74, 6) is -0.410. The monoisotopic (exact) mass is 282 g/mol. The molecule has 0 saturated carbocycles. The van der Waals surface area contributed by atoms with Crippen LogP contribution in [-0.4, -0.2) is 21.2 Å². The Morgan fingerprint density at radius 1 is 1.39 bits per heavy atom. The highest BCUT2D eigenvalue weighted by molar-refractivity contribution is 6.77. The first-order valence-electron chi connectivity index (χ1n) is 5.81. The molecular weight excluding hydrogens is 264 g/mol. The van der Waals surface area contributed by atoms with Crippen molar-refractivity contribution >= 4 is 31.2 Å². The number of halogens is 1. The Labute approximate surface area is 115 Å². The summed E-state index contributed by atoms with van der Waals surface area (Å²) in [6.45, 7) is 10.9. The summed E-state index contributed by atoms with van der Waals surface area (Å²) in [6.07, 6.45) is 0. The smallest absolute Gasteiger partial charge is 0.339 e. The van der Waals surface area contributed by atoms with Crippen molar-refractivity contribution in [1.29, 1.82) is 0 Å². The topological polar surface area (TPSA) is 26.3 Å². The van der Waals surface area contributed by atoms with Crippen molar-refractivity contribution in [2.24, 2.45) is 0 Å². The summed E-state index contributed by atoms with van der Waals surface area (Å²) in [6, 6.07) is 6.33. The third-order valence-corrected chi connectivity index (χ3v) is 4.33. The molecule has 1 aromatic rings. The molecular formula is C14H19ClO2Si. The van der Waals surface area contributed by atoms with Gasteiger partial charge in [0.25, 0.3) is 0 Å². The minimum atomic E-state index is -1.28. The van der Waals surface area contributed by atoms with Crippen molar-refractivity contribution < 1.29 is 9.53 Å². The van der Waals surface area contributed by atoms with E-state index >= 15 is 0 Å². The molecule has 0 spiro atoms. The fraction of sp³-hybridized carbons (Fsp3) is 0.357. The number of hydrogen-bond acceptors (Lipinski definition) is 2. The van der Waals surface area contributed by atoms with E-state index in [1.807, 2.05) is 12.1 Å². The second-order valence-electron chi connectivity index (χ2n) is 5.49.